The smallest absolute Gasteiger partial charge is 0.416 e. The van der Waals surface area contributed by atoms with Gasteiger partial charge < -0.3 is 15.1 Å². The molecule has 1 aromatic heterocycles. The van der Waals surface area contributed by atoms with Crippen molar-refractivity contribution < 1.29 is 22.4 Å². The third-order valence-electron chi connectivity index (χ3n) is 4.96. The molecule has 1 aliphatic rings. The number of carbonyl (C=O) groups excluding carboxylic acids is 1. The van der Waals surface area contributed by atoms with Crippen molar-refractivity contribution in [2.75, 3.05) is 11.9 Å². The second-order valence-corrected chi connectivity index (χ2v) is 7.00. The van der Waals surface area contributed by atoms with Crippen LogP contribution in [0, 0.1) is 0 Å². The highest BCUT2D eigenvalue weighted by Crippen LogP contribution is 2.35. The largest absolute Gasteiger partial charge is 0.419 e. The molecule has 1 amide bonds. The third-order valence-corrected chi connectivity index (χ3v) is 4.96. The molecule has 2 aromatic carbocycles. The minimum atomic E-state index is -4.39. The lowest BCUT2D eigenvalue weighted by Crippen LogP contribution is -2.32. The summed E-state index contributed by atoms with van der Waals surface area (Å²) in [7, 11) is 0. The van der Waals surface area contributed by atoms with E-state index in [9.17, 15) is 18.0 Å². The van der Waals surface area contributed by atoms with Gasteiger partial charge in [0, 0.05) is 12.2 Å². The van der Waals surface area contributed by atoms with Crippen molar-refractivity contribution in [1.29, 1.82) is 0 Å². The number of anilines is 2. The van der Waals surface area contributed by atoms with E-state index in [2.05, 4.69) is 20.8 Å². The van der Waals surface area contributed by atoms with Gasteiger partial charge in [-0.15, -0.1) is 10.2 Å². The maximum Gasteiger partial charge on any atom is 0.416 e. The third kappa shape index (κ3) is 3.55. The molecule has 4 rings (SSSR count). The van der Waals surface area contributed by atoms with Crippen LogP contribution in [0.3, 0.4) is 0 Å². The van der Waals surface area contributed by atoms with E-state index >= 15 is 0 Å². The highest BCUT2D eigenvalue weighted by Gasteiger charge is 2.44. The Morgan fingerprint density at radius 3 is 2.48 bits per heavy atom. The molecule has 1 aliphatic heterocycles. The monoisotopic (exact) mass is 402 g/mol. The van der Waals surface area contributed by atoms with E-state index in [-0.39, 0.29) is 17.7 Å². The summed E-state index contributed by atoms with van der Waals surface area (Å²) in [6.07, 6.45) is -3.84. The van der Waals surface area contributed by atoms with Crippen LogP contribution in [-0.2, 0) is 16.4 Å². The van der Waals surface area contributed by atoms with Crippen LogP contribution in [0.1, 0.15) is 24.8 Å². The van der Waals surface area contributed by atoms with Gasteiger partial charge in [0.25, 0.3) is 0 Å². The Morgan fingerprint density at radius 1 is 1.10 bits per heavy atom. The van der Waals surface area contributed by atoms with Crippen molar-refractivity contribution in [2.24, 2.45) is 0 Å². The van der Waals surface area contributed by atoms with Crippen LogP contribution < -0.4 is 10.6 Å². The summed E-state index contributed by atoms with van der Waals surface area (Å²) in [5.41, 5.74) is 0.0473. The first-order valence-corrected chi connectivity index (χ1v) is 8.93. The van der Waals surface area contributed by atoms with Crippen LogP contribution in [-0.4, -0.2) is 22.6 Å². The number of nitrogens with one attached hydrogen (secondary N) is 2. The Hall–Kier alpha value is -3.36. The van der Waals surface area contributed by atoms with E-state index in [1.54, 1.807) is 31.2 Å². The van der Waals surface area contributed by atoms with Crippen LogP contribution >= 0.6 is 0 Å². The topological polar surface area (TPSA) is 80.1 Å². The number of hydrogen-bond acceptors (Lipinski definition) is 5. The van der Waals surface area contributed by atoms with E-state index < -0.39 is 17.2 Å². The molecule has 0 spiro atoms. The second-order valence-electron chi connectivity index (χ2n) is 7.00. The molecular weight excluding hydrogens is 385 g/mol. The number of para-hydroxylation sites is 1. The summed E-state index contributed by atoms with van der Waals surface area (Å²) >= 11 is 0. The second kappa shape index (κ2) is 6.91. The molecule has 2 heterocycles. The van der Waals surface area contributed by atoms with Crippen molar-refractivity contribution in [2.45, 2.75) is 24.9 Å². The van der Waals surface area contributed by atoms with Gasteiger partial charge in [0.15, 0.2) is 0 Å². The Morgan fingerprint density at radius 2 is 1.83 bits per heavy atom. The van der Waals surface area contributed by atoms with Gasteiger partial charge in [-0.1, -0.05) is 12.1 Å². The van der Waals surface area contributed by atoms with Crippen LogP contribution in [0.5, 0.6) is 0 Å². The molecule has 1 fully saturated rings. The predicted molar refractivity (Wildman–Crippen MR) is 99.4 cm³/mol. The van der Waals surface area contributed by atoms with Crippen molar-refractivity contribution in [3.05, 3.63) is 60.0 Å². The summed E-state index contributed by atoms with van der Waals surface area (Å²) in [5, 5.41) is 14.0. The number of nitrogens with zero attached hydrogens (tertiary/aromatic N) is 2. The minimum absolute atomic E-state index is 0.163. The zero-order valence-corrected chi connectivity index (χ0v) is 15.4. The maximum atomic E-state index is 12.7. The molecule has 6 nitrogen and oxygen atoms in total. The molecule has 29 heavy (non-hydrogen) atoms. The van der Waals surface area contributed by atoms with Gasteiger partial charge in [-0.05, 0) is 49.7 Å². The Balaban J connectivity index is 1.62. The zero-order chi connectivity index (χ0) is 20.6. The highest BCUT2D eigenvalue weighted by atomic mass is 19.4. The maximum absolute atomic E-state index is 12.7. The number of rotatable bonds is 4. The molecule has 9 heteroatoms. The highest BCUT2D eigenvalue weighted by molar-refractivity contribution is 5.88. The molecule has 0 radical (unpaired) electrons. The minimum Gasteiger partial charge on any atom is -0.419 e. The van der Waals surface area contributed by atoms with Crippen molar-refractivity contribution in [1.82, 2.24) is 15.5 Å². The molecule has 2 N–H and O–H groups in total. The Labute approximate surface area is 164 Å². The summed E-state index contributed by atoms with van der Waals surface area (Å²) in [6, 6.07) is 11.8. The Bertz CT molecular complexity index is 1050. The van der Waals surface area contributed by atoms with Gasteiger partial charge >= 0.3 is 6.18 Å². The number of amides is 1. The fraction of sp³-hybridized carbons (Fsp3) is 0.250. The molecule has 1 saturated heterocycles. The zero-order valence-electron chi connectivity index (χ0n) is 15.4. The average Bonchev–Trinajstić information content (AvgIpc) is 3.30. The molecule has 0 unspecified atom stereocenters. The van der Waals surface area contributed by atoms with Crippen molar-refractivity contribution in [3.8, 4) is 11.5 Å². The molecule has 3 aromatic rings. The van der Waals surface area contributed by atoms with Gasteiger partial charge in [0.2, 0.25) is 17.7 Å². The number of benzene rings is 2. The lowest BCUT2D eigenvalue weighted by molar-refractivity contribution is -0.137. The van der Waals surface area contributed by atoms with Gasteiger partial charge in [0.05, 0.1) is 16.8 Å². The molecule has 1 atom stereocenters. The SMILES string of the molecule is C[C@]1(c2nnc(-c3ccccc3Nc3ccc(C(F)(F)F)cc3)o2)CCNC1=O. The van der Waals surface area contributed by atoms with E-state index in [1.807, 2.05) is 0 Å². The first-order valence-electron chi connectivity index (χ1n) is 8.93. The number of halogens is 3. The van der Waals surface area contributed by atoms with Crippen molar-refractivity contribution in [3.63, 3.8) is 0 Å². The van der Waals surface area contributed by atoms with Crippen LogP contribution in [0.15, 0.2) is 52.9 Å². The summed E-state index contributed by atoms with van der Waals surface area (Å²) in [4.78, 5) is 12.1. The first kappa shape index (κ1) is 19.0. The van der Waals surface area contributed by atoms with E-state index in [1.165, 1.54) is 12.1 Å². The molecular formula is C20H17F3N4O2. The summed E-state index contributed by atoms with van der Waals surface area (Å²) in [6.45, 7) is 2.29. The molecule has 150 valence electrons. The summed E-state index contributed by atoms with van der Waals surface area (Å²) < 4.78 is 44.0. The fourth-order valence-electron chi connectivity index (χ4n) is 3.17. The lowest BCUT2D eigenvalue weighted by atomic mass is 9.89. The lowest BCUT2D eigenvalue weighted by Gasteiger charge is -2.14. The van der Waals surface area contributed by atoms with Gasteiger partial charge in [-0.25, -0.2) is 0 Å². The van der Waals surface area contributed by atoms with E-state index in [4.69, 9.17) is 4.42 Å². The van der Waals surface area contributed by atoms with Gasteiger partial charge in [0.1, 0.15) is 5.41 Å². The van der Waals surface area contributed by atoms with Crippen molar-refractivity contribution >= 4 is 17.3 Å². The molecule has 0 saturated carbocycles. The average molecular weight is 402 g/mol. The van der Waals surface area contributed by atoms with Crippen LogP contribution in [0.25, 0.3) is 11.5 Å². The molecule has 0 bridgehead atoms. The number of carbonyl (C=O) groups is 1. The Kier molecular flexibility index (Phi) is 4.52. The number of aromatic nitrogens is 2. The predicted octanol–water partition coefficient (Wildman–Crippen LogP) is 4.28. The van der Waals surface area contributed by atoms with Gasteiger partial charge in [-0.2, -0.15) is 13.2 Å². The molecule has 0 aliphatic carbocycles. The number of hydrogen-bond donors (Lipinski definition) is 2. The van der Waals surface area contributed by atoms with E-state index in [0.29, 0.717) is 29.9 Å². The van der Waals surface area contributed by atoms with Crippen LogP contribution in [0.2, 0.25) is 0 Å². The number of alkyl halides is 3. The standard InChI is InChI=1S/C20H17F3N4O2/c1-19(10-11-24-17(19)28)18-27-26-16(29-18)14-4-2-3-5-15(14)25-13-8-6-12(7-9-13)20(21,22)23/h2-9,25H,10-11H2,1H3,(H,24,28)/t19-/m0/s1. The normalized spacial score (nSPS) is 19.2. The van der Waals surface area contributed by atoms with E-state index in [0.717, 1.165) is 12.1 Å². The fourth-order valence-corrected chi connectivity index (χ4v) is 3.17. The summed E-state index contributed by atoms with van der Waals surface area (Å²) in [5.74, 6) is 0.284. The first-order chi connectivity index (χ1) is 13.8. The van der Waals surface area contributed by atoms with Crippen LogP contribution in [0.4, 0.5) is 24.5 Å². The van der Waals surface area contributed by atoms with Gasteiger partial charge in [-0.3, -0.25) is 4.79 Å². The quantitative estimate of drug-likeness (QED) is 0.681.